The second kappa shape index (κ2) is 8.68. The Morgan fingerprint density at radius 3 is 2.21 bits per heavy atom. The molecule has 0 saturated carbocycles. The van der Waals surface area contributed by atoms with Gasteiger partial charge in [-0.3, -0.25) is 9.36 Å². The second-order valence-corrected chi connectivity index (χ2v) is 7.40. The minimum absolute atomic E-state index is 0.0450. The van der Waals surface area contributed by atoms with E-state index in [0.29, 0.717) is 27.1 Å². The number of nitrogens with two attached hydrogens (primary N) is 1. The summed E-state index contributed by atoms with van der Waals surface area (Å²) in [4.78, 5) is 17.4. The normalized spacial score (nSPS) is 11.5. The van der Waals surface area contributed by atoms with Gasteiger partial charge in [-0.25, -0.2) is 20.2 Å². The highest BCUT2D eigenvalue weighted by molar-refractivity contribution is 6.33. The largest absolute Gasteiger partial charge is 0.416 e. The van der Waals surface area contributed by atoms with Gasteiger partial charge in [-0.2, -0.15) is 13.2 Å². The van der Waals surface area contributed by atoms with Crippen LogP contribution >= 0.6 is 11.6 Å². The Hall–Kier alpha value is -3.69. The van der Waals surface area contributed by atoms with Crippen molar-refractivity contribution in [3.63, 3.8) is 0 Å². The Labute approximate surface area is 190 Å². The molecule has 168 valence electrons. The first-order valence-corrected chi connectivity index (χ1v) is 9.89. The molecule has 1 heterocycles. The topological polar surface area (TPSA) is 64.2 Å². The standard InChI is InChI=1S/C23H15ClF4N4O/c24-19-4-2-1-3-18(19)21-30-20(13-31(21)16-11-7-15(25)8-12-16)22(33)32(29)17-9-5-14(6-10-17)23(26,27)28/h1-13H,29H2. The molecular weight excluding hydrogens is 460 g/mol. The lowest BCUT2D eigenvalue weighted by Gasteiger charge is -2.16. The number of carbonyl (C=O) groups excluding carboxylic acids is 1. The van der Waals surface area contributed by atoms with Gasteiger partial charge in [0, 0.05) is 17.4 Å². The highest BCUT2D eigenvalue weighted by Crippen LogP contribution is 2.32. The summed E-state index contributed by atoms with van der Waals surface area (Å²) in [5.74, 6) is 5.00. The van der Waals surface area contributed by atoms with Crippen molar-refractivity contribution >= 4 is 23.2 Å². The summed E-state index contributed by atoms with van der Waals surface area (Å²) in [6.07, 6.45) is -3.11. The van der Waals surface area contributed by atoms with E-state index in [-0.39, 0.29) is 11.4 Å². The Bertz CT molecular complexity index is 1300. The van der Waals surface area contributed by atoms with Crippen LogP contribution in [-0.2, 0) is 6.18 Å². The van der Waals surface area contributed by atoms with Crippen LogP contribution in [0.4, 0.5) is 23.2 Å². The number of hydrogen-bond acceptors (Lipinski definition) is 3. The number of nitrogens with zero attached hydrogens (tertiary/aromatic N) is 3. The lowest BCUT2D eigenvalue weighted by molar-refractivity contribution is -0.137. The molecule has 0 bridgehead atoms. The molecule has 2 N–H and O–H groups in total. The third kappa shape index (κ3) is 4.59. The first-order valence-electron chi connectivity index (χ1n) is 9.52. The Balaban J connectivity index is 1.75. The van der Waals surface area contributed by atoms with Gasteiger partial charge in [-0.15, -0.1) is 0 Å². The molecule has 0 aliphatic carbocycles. The van der Waals surface area contributed by atoms with E-state index in [2.05, 4.69) is 4.98 Å². The minimum Gasteiger partial charge on any atom is -0.299 e. The molecule has 4 aromatic rings. The minimum atomic E-state index is -4.51. The molecule has 3 aromatic carbocycles. The summed E-state index contributed by atoms with van der Waals surface area (Å²) >= 11 is 6.32. The van der Waals surface area contributed by atoms with Crippen LogP contribution in [0.15, 0.2) is 79.0 Å². The molecule has 1 amide bonds. The Morgan fingerprint density at radius 2 is 1.61 bits per heavy atom. The summed E-state index contributed by atoms with van der Waals surface area (Å²) in [5, 5.41) is 1.08. The zero-order chi connectivity index (χ0) is 23.8. The second-order valence-electron chi connectivity index (χ2n) is 7.00. The molecule has 5 nitrogen and oxygen atoms in total. The average molecular weight is 475 g/mol. The fraction of sp³-hybridized carbons (Fsp3) is 0.0435. The van der Waals surface area contributed by atoms with Crippen LogP contribution in [0.1, 0.15) is 16.1 Å². The van der Waals surface area contributed by atoms with Crippen molar-refractivity contribution in [2.75, 3.05) is 5.01 Å². The van der Waals surface area contributed by atoms with Crippen molar-refractivity contribution in [1.29, 1.82) is 0 Å². The van der Waals surface area contributed by atoms with E-state index < -0.39 is 23.5 Å². The molecule has 0 saturated heterocycles. The number of aromatic nitrogens is 2. The highest BCUT2D eigenvalue weighted by atomic mass is 35.5. The van der Waals surface area contributed by atoms with Crippen molar-refractivity contribution in [1.82, 2.24) is 9.55 Å². The van der Waals surface area contributed by atoms with Crippen molar-refractivity contribution in [3.8, 4) is 17.1 Å². The molecule has 0 unspecified atom stereocenters. The van der Waals surface area contributed by atoms with Gasteiger partial charge in [0.15, 0.2) is 0 Å². The number of amides is 1. The Morgan fingerprint density at radius 1 is 0.970 bits per heavy atom. The average Bonchev–Trinajstić information content (AvgIpc) is 3.23. The van der Waals surface area contributed by atoms with Gasteiger partial charge in [-0.1, -0.05) is 23.7 Å². The Kier molecular flexibility index (Phi) is 5.92. The number of hydrogen-bond donors (Lipinski definition) is 1. The molecule has 0 fully saturated rings. The third-order valence-corrected chi connectivity index (χ3v) is 5.17. The fourth-order valence-electron chi connectivity index (χ4n) is 3.17. The number of rotatable bonds is 4. The number of halogens is 5. The molecule has 33 heavy (non-hydrogen) atoms. The van der Waals surface area contributed by atoms with Crippen LogP contribution in [0, 0.1) is 5.82 Å². The van der Waals surface area contributed by atoms with Crippen LogP contribution in [0.2, 0.25) is 5.02 Å². The van der Waals surface area contributed by atoms with Crippen LogP contribution in [0.25, 0.3) is 17.1 Å². The number of anilines is 1. The summed E-state index contributed by atoms with van der Waals surface area (Å²) in [6.45, 7) is 0. The molecule has 0 radical (unpaired) electrons. The predicted molar refractivity (Wildman–Crippen MR) is 116 cm³/mol. The number of alkyl halides is 3. The highest BCUT2D eigenvalue weighted by Gasteiger charge is 2.30. The van der Waals surface area contributed by atoms with Crippen molar-refractivity contribution in [2.24, 2.45) is 5.84 Å². The molecule has 10 heteroatoms. The smallest absolute Gasteiger partial charge is 0.299 e. The fourth-order valence-corrected chi connectivity index (χ4v) is 3.39. The molecule has 0 atom stereocenters. The van der Waals surface area contributed by atoms with Gasteiger partial charge in [-0.05, 0) is 60.7 Å². The van der Waals surface area contributed by atoms with E-state index in [1.54, 1.807) is 28.8 Å². The molecular formula is C23H15ClF4N4O. The number of carbonyl (C=O) groups is 1. The van der Waals surface area contributed by atoms with E-state index in [0.717, 1.165) is 24.3 Å². The SMILES string of the molecule is NN(C(=O)c1cn(-c2ccc(F)cc2)c(-c2ccccc2Cl)n1)c1ccc(C(F)(F)F)cc1. The molecule has 1 aromatic heterocycles. The number of imidazole rings is 1. The number of hydrazine groups is 1. The van der Waals surface area contributed by atoms with Crippen LogP contribution in [-0.4, -0.2) is 15.5 Å². The molecule has 0 spiro atoms. The summed E-state index contributed by atoms with van der Waals surface area (Å²) in [6, 6.07) is 16.2. The van der Waals surface area contributed by atoms with Crippen molar-refractivity contribution < 1.29 is 22.4 Å². The van der Waals surface area contributed by atoms with Crippen molar-refractivity contribution in [3.05, 3.63) is 101 Å². The summed E-state index contributed by atoms with van der Waals surface area (Å²) < 4.78 is 53.4. The first-order chi connectivity index (χ1) is 15.6. The van der Waals surface area contributed by atoms with Gasteiger partial charge in [0.2, 0.25) is 0 Å². The quantitative estimate of drug-likeness (QED) is 0.174. The lowest BCUT2D eigenvalue weighted by atomic mass is 10.2. The van der Waals surface area contributed by atoms with E-state index in [4.69, 9.17) is 17.4 Å². The van der Waals surface area contributed by atoms with E-state index >= 15 is 0 Å². The maximum Gasteiger partial charge on any atom is 0.416 e. The number of benzene rings is 3. The summed E-state index contributed by atoms with van der Waals surface area (Å²) in [5.41, 5.74) is 0.116. The van der Waals surface area contributed by atoms with E-state index in [9.17, 15) is 22.4 Å². The monoisotopic (exact) mass is 474 g/mol. The van der Waals surface area contributed by atoms with Gasteiger partial charge >= 0.3 is 6.18 Å². The summed E-state index contributed by atoms with van der Waals surface area (Å²) in [7, 11) is 0. The van der Waals surface area contributed by atoms with Gasteiger partial charge in [0.05, 0.1) is 16.3 Å². The molecule has 0 aliphatic heterocycles. The maximum absolute atomic E-state index is 13.4. The van der Waals surface area contributed by atoms with E-state index in [1.807, 2.05) is 0 Å². The van der Waals surface area contributed by atoms with Crippen LogP contribution in [0.5, 0.6) is 0 Å². The zero-order valence-electron chi connectivity index (χ0n) is 16.7. The zero-order valence-corrected chi connectivity index (χ0v) is 17.5. The third-order valence-electron chi connectivity index (χ3n) is 4.84. The predicted octanol–water partition coefficient (Wildman–Crippen LogP) is 5.87. The lowest BCUT2D eigenvalue weighted by Crippen LogP contribution is -2.37. The van der Waals surface area contributed by atoms with E-state index in [1.165, 1.54) is 30.5 Å². The van der Waals surface area contributed by atoms with Gasteiger partial charge < -0.3 is 0 Å². The van der Waals surface area contributed by atoms with Gasteiger partial charge in [0.1, 0.15) is 17.3 Å². The van der Waals surface area contributed by atoms with Gasteiger partial charge in [0.25, 0.3) is 5.91 Å². The molecule has 4 rings (SSSR count). The van der Waals surface area contributed by atoms with Crippen molar-refractivity contribution in [2.45, 2.75) is 6.18 Å². The first kappa shape index (κ1) is 22.5. The van der Waals surface area contributed by atoms with Crippen LogP contribution < -0.4 is 10.9 Å². The van der Waals surface area contributed by atoms with Crippen LogP contribution in [0.3, 0.4) is 0 Å². The molecule has 0 aliphatic rings. The maximum atomic E-state index is 13.4.